The van der Waals surface area contributed by atoms with Crippen molar-refractivity contribution in [3.8, 4) is 0 Å². The molecule has 2 aliphatic heterocycles. The second-order valence-corrected chi connectivity index (χ2v) is 6.12. The van der Waals surface area contributed by atoms with E-state index in [4.69, 9.17) is 0 Å². The van der Waals surface area contributed by atoms with Crippen molar-refractivity contribution in [2.24, 2.45) is 5.92 Å². The number of carbonyl (C=O) groups excluding carboxylic acids is 2. The molecule has 0 radical (unpaired) electrons. The van der Waals surface area contributed by atoms with Crippen LogP contribution < -0.4 is 15.5 Å². The summed E-state index contributed by atoms with van der Waals surface area (Å²) < 4.78 is 0. The van der Waals surface area contributed by atoms with Crippen molar-refractivity contribution in [2.75, 3.05) is 23.3 Å². The van der Waals surface area contributed by atoms with Gasteiger partial charge in [0.25, 0.3) is 0 Å². The summed E-state index contributed by atoms with van der Waals surface area (Å²) in [5.41, 5.74) is 0.802. The van der Waals surface area contributed by atoms with Gasteiger partial charge in [-0.1, -0.05) is 0 Å². The monoisotopic (exact) mass is 302 g/mol. The highest BCUT2D eigenvalue weighted by molar-refractivity contribution is 5.95. The van der Waals surface area contributed by atoms with Crippen LogP contribution in [0.1, 0.15) is 32.6 Å². The van der Waals surface area contributed by atoms with Crippen molar-refractivity contribution in [3.05, 3.63) is 18.3 Å². The molecule has 2 atom stereocenters. The molecule has 0 saturated carbocycles. The van der Waals surface area contributed by atoms with Gasteiger partial charge in [-0.2, -0.15) is 0 Å². The van der Waals surface area contributed by atoms with Crippen LogP contribution in [0.3, 0.4) is 0 Å². The second kappa shape index (κ2) is 6.44. The van der Waals surface area contributed by atoms with Gasteiger partial charge in [-0.3, -0.25) is 9.59 Å². The number of pyridine rings is 1. The molecule has 0 unspecified atom stereocenters. The Morgan fingerprint density at radius 1 is 1.45 bits per heavy atom. The van der Waals surface area contributed by atoms with Crippen molar-refractivity contribution >= 4 is 23.3 Å². The van der Waals surface area contributed by atoms with E-state index < -0.39 is 0 Å². The number of amides is 2. The van der Waals surface area contributed by atoms with Gasteiger partial charge in [0.15, 0.2) is 0 Å². The van der Waals surface area contributed by atoms with E-state index in [1.807, 2.05) is 6.07 Å². The number of rotatable bonds is 3. The van der Waals surface area contributed by atoms with Crippen LogP contribution in [-0.2, 0) is 9.59 Å². The minimum absolute atomic E-state index is 0.0332. The first-order valence-electron chi connectivity index (χ1n) is 7.94. The Morgan fingerprint density at radius 3 is 2.95 bits per heavy atom. The Labute approximate surface area is 130 Å². The molecule has 3 heterocycles. The van der Waals surface area contributed by atoms with Crippen molar-refractivity contribution in [3.63, 3.8) is 0 Å². The molecule has 0 bridgehead atoms. The number of aromatic nitrogens is 1. The van der Waals surface area contributed by atoms with E-state index in [0.717, 1.165) is 38.0 Å². The highest BCUT2D eigenvalue weighted by atomic mass is 16.2. The molecule has 2 aliphatic rings. The summed E-state index contributed by atoms with van der Waals surface area (Å²) in [4.78, 5) is 30.0. The van der Waals surface area contributed by atoms with Crippen LogP contribution in [0.5, 0.6) is 0 Å². The molecule has 2 fully saturated rings. The summed E-state index contributed by atoms with van der Waals surface area (Å²) >= 11 is 0. The lowest BCUT2D eigenvalue weighted by Gasteiger charge is -2.27. The Kier molecular flexibility index (Phi) is 4.38. The lowest BCUT2D eigenvalue weighted by atomic mass is 9.92. The number of carbonyl (C=O) groups is 2. The summed E-state index contributed by atoms with van der Waals surface area (Å²) in [6.07, 6.45) is 4.87. The zero-order valence-corrected chi connectivity index (χ0v) is 12.8. The maximum absolute atomic E-state index is 12.3. The van der Waals surface area contributed by atoms with E-state index in [1.54, 1.807) is 17.2 Å². The van der Waals surface area contributed by atoms with Crippen molar-refractivity contribution in [2.45, 2.75) is 38.6 Å². The first-order chi connectivity index (χ1) is 10.6. The van der Waals surface area contributed by atoms with E-state index in [1.165, 1.54) is 0 Å². The fourth-order valence-electron chi connectivity index (χ4n) is 3.14. The zero-order chi connectivity index (χ0) is 15.5. The third-order valence-electron chi connectivity index (χ3n) is 4.38. The molecule has 0 aliphatic carbocycles. The fraction of sp³-hybridized carbons (Fsp3) is 0.562. The number of anilines is 2. The molecule has 0 aromatic carbocycles. The summed E-state index contributed by atoms with van der Waals surface area (Å²) in [6, 6.07) is 3.99. The summed E-state index contributed by atoms with van der Waals surface area (Å²) in [6.45, 7) is 3.72. The van der Waals surface area contributed by atoms with Crippen LogP contribution in [0.4, 0.5) is 11.5 Å². The molecule has 2 amide bonds. The molecule has 22 heavy (non-hydrogen) atoms. The van der Waals surface area contributed by atoms with Crippen LogP contribution >= 0.6 is 0 Å². The van der Waals surface area contributed by atoms with Crippen LogP contribution in [0.25, 0.3) is 0 Å². The first-order valence-corrected chi connectivity index (χ1v) is 7.94. The second-order valence-electron chi connectivity index (χ2n) is 6.12. The zero-order valence-electron chi connectivity index (χ0n) is 12.8. The summed E-state index contributed by atoms with van der Waals surface area (Å²) in [5.74, 6) is 0.762. The third-order valence-corrected chi connectivity index (χ3v) is 4.38. The van der Waals surface area contributed by atoms with E-state index in [-0.39, 0.29) is 17.7 Å². The van der Waals surface area contributed by atoms with E-state index >= 15 is 0 Å². The van der Waals surface area contributed by atoms with Crippen molar-refractivity contribution < 1.29 is 9.59 Å². The molecule has 1 aromatic heterocycles. The topological polar surface area (TPSA) is 74.3 Å². The quantitative estimate of drug-likeness (QED) is 0.888. The summed E-state index contributed by atoms with van der Waals surface area (Å²) in [5, 5.41) is 6.22. The van der Waals surface area contributed by atoms with Gasteiger partial charge < -0.3 is 15.5 Å². The molecule has 2 saturated heterocycles. The first kappa shape index (κ1) is 15.0. The van der Waals surface area contributed by atoms with Gasteiger partial charge in [-0.15, -0.1) is 0 Å². The predicted octanol–water partition coefficient (Wildman–Crippen LogP) is 1.53. The highest BCUT2D eigenvalue weighted by Gasteiger charge is 2.25. The molecule has 6 heteroatoms. The molecule has 1 aromatic rings. The molecule has 6 nitrogen and oxygen atoms in total. The van der Waals surface area contributed by atoms with Gasteiger partial charge in [-0.25, -0.2) is 4.98 Å². The number of hydrogen-bond donors (Lipinski definition) is 2. The lowest BCUT2D eigenvalue weighted by molar-refractivity contribution is -0.121. The molecular weight excluding hydrogens is 280 g/mol. The van der Waals surface area contributed by atoms with Crippen molar-refractivity contribution in [1.82, 2.24) is 10.3 Å². The number of nitrogens with zero attached hydrogens (tertiary/aromatic N) is 2. The maximum atomic E-state index is 12.3. The van der Waals surface area contributed by atoms with Crippen LogP contribution in [0.2, 0.25) is 0 Å². The standard InChI is InChI=1S/C16H22N4O2/c1-11-9-12(6-7-17-11)16(22)19-14-5-4-13(10-18-14)20-8-2-3-15(20)21/h4-5,10-12,17H,2-3,6-9H2,1H3,(H,18,19,22)/t11-,12-/m0/s1. The fourth-order valence-corrected chi connectivity index (χ4v) is 3.14. The third kappa shape index (κ3) is 3.27. The summed E-state index contributed by atoms with van der Waals surface area (Å²) in [7, 11) is 0. The number of hydrogen-bond acceptors (Lipinski definition) is 4. The smallest absolute Gasteiger partial charge is 0.228 e. The molecule has 2 N–H and O–H groups in total. The van der Waals surface area contributed by atoms with E-state index in [9.17, 15) is 9.59 Å². The normalized spacial score (nSPS) is 25.3. The largest absolute Gasteiger partial charge is 0.314 e. The number of piperidine rings is 1. The molecular formula is C16H22N4O2. The molecule has 3 rings (SSSR count). The van der Waals surface area contributed by atoms with E-state index in [0.29, 0.717) is 18.3 Å². The molecule has 0 spiro atoms. The van der Waals surface area contributed by atoms with Gasteiger partial charge >= 0.3 is 0 Å². The average Bonchev–Trinajstić information content (AvgIpc) is 2.94. The average molecular weight is 302 g/mol. The molecule has 118 valence electrons. The lowest BCUT2D eigenvalue weighted by Crippen LogP contribution is -2.40. The minimum atomic E-state index is 0.0332. The van der Waals surface area contributed by atoms with Gasteiger partial charge in [-0.05, 0) is 44.9 Å². The Balaban J connectivity index is 1.61. The van der Waals surface area contributed by atoms with E-state index in [2.05, 4.69) is 22.5 Å². The van der Waals surface area contributed by atoms with Crippen LogP contribution in [0, 0.1) is 5.92 Å². The van der Waals surface area contributed by atoms with Crippen molar-refractivity contribution in [1.29, 1.82) is 0 Å². The maximum Gasteiger partial charge on any atom is 0.228 e. The van der Waals surface area contributed by atoms with Crippen LogP contribution in [0.15, 0.2) is 18.3 Å². The highest BCUT2D eigenvalue weighted by Crippen LogP contribution is 2.22. The van der Waals surface area contributed by atoms with Gasteiger partial charge in [0.2, 0.25) is 11.8 Å². The Bertz CT molecular complexity index is 558. The predicted molar refractivity (Wildman–Crippen MR) is 84.6 cm³/mol. The minimum Gasteiger partial charge on any atom is -0.314 e. The number of nitrogens with one attached hydrogen (secondary N) is 2. The van der Waals surface area contributed by atoms with Gasteiger partial charge in [0, 0.05) is 24.9 Å². The van der Waals surface area contributed by atoms with Gasteiger partial charge in [0.05, 0.1) is 11.9 Å². The Hall–Kier alpha value is -1.95. The van der Waals surface area contributed by atoms with Crippen LogP contribution in [-0.4, -0.2) is 35.9 Å². The SMILES string of the molecule is C[C@H]1C[C@@H](C(=O)Nc2ccc(N3CCCC3=O)cn2)CCN1. The Morgan fingerprint density at radius 2 is 2.32 bits per heavy atom. The van der Waals surface area contributed by atoms with Gasteiger partial charge in [0.1, 0.15) is 5.82 Å².